The molecule has 0 radical (unpaired) electrons. The van der Waals surface area contributed by atoms with Gasteiger partial charge in [-0.15, -0.1) is 0 Å². The lowest BCUT2D eigenvalue weighted by Crippen LogP contribution is -2.04. The minimum atomic E-state index is -1.28. The number of H-pyrrole nitrogens is 1. The van der Waals surface area contributed by atoms with Gasteiger partial charge in [0.1, 0.15) is 5.82 Å². The number of benzene rings is 1. The van der Waals surface area contributed by atoms with Gasteiger partial charge in [-0.3, -0.25) is 0 Å². The SMILES string of the molecule is O=C(O)c1cc(NCc2cnc[nH]2)ccc1F. The van der Waals surface area contributed by atoms with Gasteiger partial charge in [0.15, 0.2) is 0 Å². The van der Waals surface area contributed by atoms with Crippen molar-refractivity contribution in [2.75, 3.05) is 5.32 Å². The fourth-order valence-electron chi connectivity index (χ4n) is 1.38. The number of carboxylic acid groups (broad SMARTS) is 1. The summed E-state index contributed by atoms with van der Waals surface area (Å²) in [7, 11) is 0. The van der Waals surface area contributed by atoms with E-state index in [0.29, 0.717) is 12.2 Å². The second kappa shape index (κ2) is 4.65. The quantitative estimate of drug-likeness (QED) is 0.755. The number of nitrogens with zero attached hydrogens (tertiary/aromatic N) is 1. The van der Waals surface area contributed by atoms with Crippen LogP contribution in [0.4, 0.5) is 10.1 Å². The molecule has 17 heavy (non-hydrogen) atoms. The third kappa shape index (κ3) is 2.60. The molecule has 1 heterocycles. The number of hydrogen-bond donors (Lipinski definition) is 3. The minimum Gasteiger partial charge on any atom is -0.478 e. The molecule has 0 saturated heterocycles. The molecule has 0 amide bonds. The summed E-state index contributed by atoms with van der Waals surface area (Å²) in [6.07, 6.45) is 3.19. The zero-order valence-corrected chi connectivity index (χ0v) is 8.77. The summed E-state index contributed by atoms with van der Waals surface area (Å²) in [5.41, 5.74) is 1.05. The van der Waals surface area contributed by atoms with E-state index in [9.17, 15) is 9.18 Å². The molecule has 6 heteroatoms. The van der Waals surface area contributed by atoms with Gasteiger partial charge < -0.3 is 15.4 Å². The maximum absolute atomic E-state index is 13.1. The minimum absolute atomic E-state index is 0.348. The van der Waals surface area contributed by atoms with Crippen LogP contribution in [0.15, 0.2) is 30.7 Å². The molecule has 0 spiro atoms. The zero-order chi connectivity index (χ0) is 12.3. The van der Waals surface area contributed by atoms with E-state index >= 15 is 0 Å². The van der Waals surface area contributed by atoms with Crippen LogP contribution in [0.1, 0.15) is 16.1 Å². The van der Waals surface area contributed by atoms with E-state index in [1.807, 2.05) is 0 Å². The van der Waals surface area contributed by atoms with Gasteiger partial charge in [-0.1, -0.05) is 0 Å². The lowest BCUT2D eigenvalue weighted by atomic mass is 10.2. The Kier molecular flexibility index (Phi) is 3.04. The molecular formula is C11H10FN3O2. The summed E-state index contributed by atoms with van der Waals surface area (Å²) in [6, 6.07) is 3.87. The molecule has 1 aromatic carbocycles. The second-order valence-electron chi connectivity index (χ2n) is 3.43. The van der Waals surface area contributed by atoms with E-state index in [1.54, 1.807) is 12.5 Å². The average Bonchev–Trinajstić information content (AvgIpc) is 2.80. The number of carbonyl (C=O) groups is 1. The highest BCUT2D eigenvalue weighted by molar-refractivity contribution is 5.89. The first-order valence-corrected chi connectivity index (χ1v) is 4.91. The van der Waals surface area contributed by atoms with E-state index in [1.165, 1.54) is 12.1 Å². The van der Waals surface area contributed by atoms with Crippen LogP contribution in [0, 0.1) is 5.82 Å². The van der Waals surface area contributed by atoms with E-state index in [-0.39, 0.29) is 5.56 Å². The van der Waals surface area contributed by atoms with Gasteiger partial charge in [-0.05, 0) is 18.2 Å². The highest BCUT2D eigenvalue weighted by Crippen LogP contribution is 2.15. The number of nitrogens with one attached hydrogen (secondary N) is 2. The summed E-state index contributed by atoms with van der Waals surface area (Å²) in [5, 5.41) is 11.7. The maximum Gasteiger partial charge on any atom is 0.338 e. The molecule has 5 nitrogen and oxygen atoms in total. The van der Waals surface area contributed by atoms with Crippen LogP contribution in [0.25, 0.3) is 0 Å². The Morgan fingerprint density at radius 3 is 3.00 bits per heavy atom. The number of halogens is 1. The highest BCUT2D eigenvalue weighted by atomic mass is 19.1. The Morgan fingerprint density at radius 1 is 1.53 bits per heavy atom. The van der Waals surface area contributed by atoms with Crippen LogP contribution in [-0.2, 0) is 6.54 Å². The van der Waals surface area contributed by atoms with Gasteiger partial charge in [0.2, 0.25) is 0 Å². The third-order valence-electron chi connectivity index (χ3n) is 2.23. The standard InChI is InChI=1S/C11H10FN3O2/c12-10-2-1-7(3-9(10)11(16)17)14-5-8-4-13-6-15-8/h1-4,6,14H,5H2,(H,13,15)(H,16,17). The van der Waals surface area contributed by atoms with Crippen molar-refractivity contribution in [3.05, 3.63) is 47.8 Å². The van der Waals surface area contributed by atoms with E-state index in [4.69, 9.17) is 5.11 Å². The number of aromatic nitrogens is 2. The summed E-state index contributed by atoms with van der Waals surface area (Å²) < 4.78 is 13.1. The van der Waals surface area contributed by atoms with E-state index < -0.39 is 11.8 Å². The third-order valence-corrected chi connectivity index (χ3v) is 2.23. The van der Waals surface area contributed by atoms with Gasteiger partial charge in [-0.2, -0.15) is 0 Å². The summed E-state index contributed by atoms with van der Waals surface area (Å²) in [5.74, 6) is -2.03. The van der Waals surface area contributed by atoms with Crippen molar-refractivity contribution >= 4 is 11.7 Å². The first-order valence-electron chi connectivity index (χ1n) is 4.91. The number of rotatable bonds is 4. The summed E-state index contributed by atoms with van der Waals surface area (Å²) in [4.78, 5) is 17.5. The van der Waals surface area contributed by atoms with Crippen LogP contribution in [0.3, 0.4) is 0 Å². The van der Waals surface area contributed by atoms with Crippen LogP contribution in [-0.4, -0.2) is 21.0 Å². The van der Waals surface area contributed by atoms with Crippen LogP contribution < -0.4 is 5.32 Å². The number of carboxylic acids is 1. The van der Waals surface area contributed by atoms with Crippen LogP contribution >= 0.6 is 0 Å². The smallest absolute Gasteiger partial charge is 0.338 e. The lowest BCUT2D eigenvalue weighted by Gasteiger charge is -2.06. The Morgan fingerprint density at radius 2 is 2.35 bits per heavy atom. The number of aromatic carboxylic acids is 1. The van der Waals surface area contributed by atoms with Crippen LogP contribution in [0.5, 0.6) is 0 Å². The first-order chi connectivity index (χ1) is 8.16. The van der Waals surface area contributed by atoms with Gasteiger partial charge in [0, 0.05) is 11.9 Å². The summed E-state index contributed by atoms with van der Waals surface area (Å²) >= 11 is 0. The van der Waals surface area contributed by atoms with Crippen molar-refractivity contribution in [2.24, 2.45) is 0 Å². The molecule has 0 aliphatic rings. The number of imidazole rings is 1. The van der Waals surface area contributed by atoms with Gasteiger partial charge >= 0.3 is 5.97 Å². The van der Waals surface area contributed by atoms with Crippen LogP contribution in [0.2, 0.25) is 0 Å². The maximum atomic E-state index is 13.1. The normalized spacial score (nSPS) is 10.2. The molecule has 0 saturated carbocycles. The van der Waals surface area contributed by atoms with Crippen molar-refractivity contribution in [3.8, 4) is 0 Å². The molecule has 1 aromatic heterocycles. The number of anilines is 1. The molecule has 88 valence electrons. The van der Waals surface area contributed by atoms with Crippen molar-refractivity contribution < 1.29 is 14.3 Å². The molecule has 2 rings (SSSR count). The predicted molar refractivity (Wildman–Crippen MR) is 59.3 cm³/mol. The molecular weight excluding hydrogens is 225 g/mol. The molecule has 0 unspecified atom stereocenters. The molecule has 0 aliphatic heterocycles. The molecule has 0 atom stereocenters. The monoisotopic (exact) mass is 235 g/mol. The predicted octanol–water partition coefficient (Wildman–Crippen LogP) is 1.86. The Bertz CT molecular complexity index is 526. The first kappa shape index (κ1) is 11.1. The molecule has 3 N–H and O–H groups in total. The number of hydrogen-bond acceptors (Lipinski definition) is 3. The van der Waals surface area contributed by atoms with Gasteiger partial charge in [0.05, 0.1) is 24.1 Å². The van der Waals surface area contributed by atoms with Crippen molar-refractivity contribution in [1.29, 1.82) is 0 Å². The van der Waals surface area contributed by atoms with Crippen molar-refractivity contribution in [3.63, 3.8) is 0 Å². The van der Waals surface area contributed by atoms with Gasteiger partial charge in [0.25, 0.3) is 0 Å². The van der Waals surface area contributed by atoms with Crippen molar-refractivity contribution in [2.45, 2.75) is 6.54 Å². The molecule has 0 aliphatic carbocycles. The fraction of sp³-hybridized carbons (Fsp3) is 0.0909. The Balaban J connectivity index is 2.11. The van der Waals surface area contributed by atoms with E-state index in [0.717, 1.165) is 11.8 Å². The Labute approximate surface area is 96.3 Å². The molecule has 0 fully saturated rings. The van der Waals surface area contributed by atoms with E-state index in [2.05, 4.69) is 15.3 Å². The largest absolute Gasteiger partial charge is 0.478 e. The lowest BCUT2D eigenvalue weighted by molar-refractivity contribution is 0.0692. The molecule has 0 bridgehead atoms. The highest BCUT2D eigenvalue weighted by Gasteiger charge is 2.10. The van der Waals surface area contributed by atoms with Gasteiger partial charge in [-0.25, -0.2) is 14.2 Å². The molecule has 2 aromatic rings. The Hall–Kier alpha value is -2.37. The number of aromatic amines is 1. The zero-order valence-electron chi connectivity index (χ0n) is 8.77. The second-order valence-corrected chi connectivity index (χ2v) is 3.43. The topological polar surface area (TPSA) is 78.0 Å². The summed E-state index contributed by atoms with van der Waals surface area (Å²) in [6.45, 7) is 0.463. The average molecular weight is 235 g/mol. The van der Waals surface area contributed by atoms with Crippen molar-refractivity contribution in [1.82, 2.24) is 9.97 Å². The fourth-order valence-corrected chi connectivity index (χ4v) is 1.38.